The molecular weight excluding hydrogens is 388 g/mol. The summed E-state index contributed by atoms with van der Waals surface area (Å²) in [6.07, 6.45) is 1.79. The lowest BCUT2D eigenvalue weighted by Gasteiger charge is -2.09. The van der Waals surface area contributed by atoms with Gasteiger partial charge in [-0.2, -0.15) is 10.4 Å². The maximum Gasteiger partial charge on any atom is 0.281 e. The summed E-state index contributed by atoms with van der Waals surface area (Å²) in [5.74, 6) is -0.541. The molecule has 8 nitrogen and oxygen atoms in total. The van der Waals surface area contributed by atoms with E-state index in [1.165, 1.54) is 16.4 Å². The molecule has 0 aliphatic heterocycles. The minimum absolute atomic E-state index is 0.183. The van der Waals surface area contributed by atoms with E-state index in [1.807, 2.05) is 18.2 Å². The van der Waals surface area contributed by atoms with Gasteiger partial charge in [-0.1, -0.05) is 30.3 Å². The number of aromatic amines is 1. The number of amides is 1. The van der Waals surface area contributed by atoms with Gasteiger partial charge in [-0.15, -0.1) is 11.8 Å². The first-order valence-corrected chi connectivity index (χ1v) is 9.78. The van der Waals surface area contributed by atoms with Gasteiger partial charge in [0.1, 0.15) is 16.7 Å². The van der Waals surface area contributed by atoms with E-state index in [4.69, 9.17) is 0 Å². The van der Waals surface area contributed by atoms with Crippen LogP contribution >= 0.6 is 11.8 Å². The Morgan fingerprint density at radius 2 is 1.90 bits per heavy atom. The third-order valence-corrected chi connectivity index (χ3v) is 4.88. The van der Waals surface area contributed by atoms with Gasteiger partial charge >= 0.3 is 0 Å². The fourth-order valence-electron chi connectivity index (χ4n) is 2.86. The molecule has 0 atom stereocenters. The van der Waals surface area contributed by atoms with Crippen LogP contribution in [0.5, 0.6) is 0 Å². The Morgan fingerprint density at radius 3 is 2.62 bits per heavy atom. The van der Waals surface area contributed by atoms with Gasteiger partial charge in [-0.05, 0) is 30.5 Å². The number of nitriles is 1. The average Bonchev–Trinajstić information content (AvgIpc) is 3.11. The van der Waals surface area contributed by atoms with Gasteiger partial charge in [0, 0.05) is 0 Å². The van der Waals surface area contributed by atoms with Gasteiger partial charge in [0.2, 0.25) is 0 Å². The first kappa shape index (κ1) is 18.5. The maximum atomic E-state index is 12.9. The molecule has 2 aromatic carbocycles. The number of hydrogen-bond acceptors (Lipinski definition) is 6. The number of aromatic nitrogens is 4. The summed E-state index contributed by atoms with van der Waals surface area (Å²) in [5.41, 5.74) is 0.992. The van der Waals surface area contributed by atoms with Gasteiger partial charge in [0.05, 0.1) is 16.7 Å². The van der Waals surface area contributed by atoms with Gasteiger partial charge in [-0.25, -0.2) is 9.67 Å². The summed E-state index contributed by atoms with van der Waals surface area (Å²) >= 11 is 1.29. The molecule has 142 valence electrons. The van der Waals surface area contributed by atoms with Gasteiger partial charge < -0.3 is 10.3 Å². The minimum Gasteiger partial charge on any atom is -0.319 e. The highest BCUT2D eigenvalue weighted by Crippen LogP contribution is 2.29. The molecule has 0 fully saturated rings. The van der Waals surface area contributed by atoms with E-state index in [2.05, 4.69) is 26.5 Å². The van der Waals surface area contributed by atoms with Gasteiger partial charge in [-0.3, -0.25) is 9.59 Å². The van der Waals surface area contributed by atoms with Crippen molar-refractivity contribution >= 4 is 34.5 Å². The summed E-state index contributed by atoms with van der Waals surface area (Å²) in [6, 6.07) is 18.1. The Balaban J connectivity index is 1.81. The molecule has 2 heterocycles. The summed E-state index contributed by atoms with van der Waals surface area (Å²) < 4.78 is 1.47. The number of hydrogen-bond donors (Lipinski definition) is 2. The standard InChI is InChI=1S/C20H14N6O2S/c1-29-20-13(11-21)17(26(25-20)12-7-3-2-4-8-12)24-19(28)16-18(27)23-15-10-6-5-9-14(15)22-16/h2-10H,1H3,(H,23,27)(H,24,28). The Hall–Kier alpha value is -3.90. The topological polar surface area (TPSA) is 116 Å². The lowest BCUT2D eigenvalue weighted by Crippen LogP contribution is -2.26. The number of carbonyl (C=O) groups excluding carboxylic acids is 1. The van der Waals surface area contributed by atoms with Crippen molar-refractivity contribution in [1.29, 1.82) is 5.26 Å². The van der Waals surface area contributed by atoms with E-state index >= 15 is 0 Å². The van der Waals surface area contributed by atoms with Crippen molar-refractivity contribution < 1.29 is 4.79 Å². The second-order valence-corrected chi connectivity index (χ2v) is 6.77. The third-order valence-electron chi connectivity index (χ3n) is 4.21. The van der Waals surface area contributed by atoms with Crippen molar-refractivity contribution in [3.05, 3.63) is 76.2 Å². The Kier molecular flexibility index (Phi) is 4.85. The summed E-state index contributed by atoms with van der Waals surface area (Å²) in [4.78, 5) is 32.1. The van der Waals surface area contributed by atoms with Crippen LogP contribution in [0.4, 0.5) is 5.82 Å². The second-order valence-electron chi connectivity index (χ2n) is 5.98. The van der Waals surface area contributed by atoms with E-state index < -0.39 is 11.5 Å². The molecule has 2 aromatic heterocycles. The van der Waals surface area contributed by atoms with Crippen LogP contribution in [0.1, 0.15) is 16.1 Å². The normalized spacial score (nSPS) is 10.6. The number of nitrogens with zero attached hydrogens (tertiary/aromatic N) is 4. The highest BCUT2D eigenvalue weighted by molar-refractivity contribution is 7.98. The van der Waals surface area contributed by atoms with Crippen molar-refractivity contribution in [1.82, 2.24) is 19.7 Å². The van der Waals surface area contributed by atoms with E-state index in [0.29, 0.717) is 21.7 Å². The van der Waals surface area contributed by atoms with Crippen LogP contribution in [0.25, 0.3) is 16.7 Å². The molecule has 4 rings (SSSR count). The van der Waals surface area contributed by atoms with Crippen molar-refractivity contribution in [2.45, 2.75) is 5.03 Å². The Morgan fingerprint density at radius 1 is 1.17 bits per heavy atom. The molecule has 2 N–H and O–H groups in total. The molecule has 29 heavy (non-hydrogen) atoms. The van der Waals surface area contributed by atoms with Crippen molar-refractivity contribution in [3.63, 3.8) is 0 Å². The van der Waals surface area contributed by atoms with Crippen LogP contribution in [0.3, 0.4) is 0 Å². The van der Waals surface area contributed by atoms with Gasteiger partial charge in [0.15, 0.2) is 11.5 Å². The zero-order valence-electron chi connectivity index (χ0n) is 15.2. The predicted molar refractivity (Wildman–Crippen MR) is 110 cm³/mol. The summed E-state index contributed by atoms with van der Waals surface area (Å²) in [7, 11) is 0. The molecule has 0 unspecified atom stereocenters. The number of anilines is 1. The van der Waals surface area contributed by atoms with E-state index in [1.54, 1.807) is 42.7 Å². The highest BCUT2D eigenvalue weighted by atomic mass is 32.2. The van der Waals surface area contributed by atoms with Crippen LogP contribution in [0.2, 0.25) is 0 Å². The number of H-pyrrole nitrogens is 1. The molecule has 1 amide bonds. The van der Waals surface area contributed by atoms with Crippen molar-refractivity contribution in [2.24, 2.45) is 0 Å². The van der Waals surface area contributed by atoms with Crippen LogP contribution in [-0.4, -0.2) is 31.9 Å². The van der Waals surface area contributed by atoms with Crippen LogP contribution in [0.15, 0.2) is 64.4 Å². The monoisotopic (exact) mass is 402 g/mol. The van der Waals surface area contributed by atoms with E-state index in [9.17, 15) is 14.9 Å². The fourth-order valence-corrected chi connectivity index (χ4v) is 3.37. The van der Waals surface area contributed by atoms with Crippen LogP contribution < -0.4 is 10.9 Å². The largest absolute Gasteiger partial charge is 0.319 e. The molecule has 0 aliphatic rings. The SMILES string of the molecule is CSc1nn(-c2ccccc2)c(NC(=O)c2nc3ccccc3[nH]c2=O)c1C#N. The first-order valence-electron chi connectivity index (χ1n) is 8.55. The Bertz CT molecular complexity index is 1320. The number of rotatable bonds is 4. The van der Waals surface area contributed by atoms with Crippen molar-refractivity contribution in [3.8, 4) is 11.8 Å². The highest BCUT2D eigenvalue weighted by Gasteiger charge is 2.23. The molecule has 0 saturated heterocycles. The van der Waals surface area contributed by atoms with E-state index in [-0.39, 0.29) is 17.1 Å². The Labute approximate surface area is 169 Å². The molecule has 0 aliphatic carbocycles. The number of nitrogens with one attached hydrogen (secondary N) is 2. The summed E-state index contributed by atoms with van der Waals surface area (Å²) in [6.45, 7) is 0. The zero-order valence-corrected chi connectivity index (χ0v) is 16.0. The minimum atomic E-state index is -0.724. The molecule has 9 heteroatoms. The quantitative estimate of drug-likeness (QED) is 0.507. The maximum absolute atomic E-state index is 12.9. The third kappa shape index (κ3) is 3.37. The molecule has 0 saturated carbocycles. The lowest BCUT2D eigenvalue weighted by molar-refractivity contribution is 0.102. The van der Waals surface area contributed by atoms with Crippen molar-refractivity contribution in [2.75, 3.05) is 11.6 Å². The average molecular weight is 402 g/mol. The van der Waals surface area contributed by atoms with Crippen LogP contribution in [-0.2, 0) is 0 Å². The lowest BCUT2D eigenvalue weighted by atomic mass is 10.2. The predicted octanol–water partition coefficient (Wildman–Crippen LogP) is 2.95. The molecular formula is C20H14N6O2S. The number of fused-ring (bicyclic) bond motifs is 1. The van der Waals surface area contributed by atoms with Crippen LogP contribution in [0, 0.1) is 11.3 Å². The molecule has 0 spiro atoms. The fraction of sp³-hybridized carbons (Fsp3) is 0.0500. The number of benzene rings is 2. The zero-order chi connectivity index (χ0) is 20.4. The first-order chi connectivity index (χ1) is 14.1. The smallest absolute Gasteiger partial charge is 0.281 e. The number of carbonyl (C=O) groups is 1. The second kappa shape index (κ2) is 7.61. The number of thioether (sulfide) groups is 1. The van der Waals surface area contributed by atoms with Gasteiger partial charge in [0.25, 0.3) is 11.5 Å². The summed E-state index contributed by atoms with van der Waals surface area (Å²) in [5, 5.41) is 17.2. The number of para-hydroxylation sites is 3. The molecule has 0 radical (unpaired) electrons. The van der Waals surface area contributed by atoms with E-state index in [0.717, 1.165) is 0 Å². The molecule has 0 bridgehead atoms. The molecule has 4 aromatic rings.